The summed E-state index contributed by atoms with van der Waals surface area (Å²) in [4.78, 5) is 5.48. The summed E-state index contributed by atoms with van der Waals surface area (Å²) in [6.45, 7) is 7.33. The third-order valence-corrected chi connectivity index (χ3v) is 4.29. The fourth-order valence-electron chi connectivity index (χ4n) is 1.56. The van der Waals surface area contributed by atoms with E-state index in [4.69, 9.17) is 0 Å². The van der Waals surface area contributed by atoms with Gasteiger partial charge in [0.15, 0.2) is 4.34 Å². The molecule has 0 unspecified atom stereocenters. The van der Waals surface area contributed by atoms with Crippen molar-refractivity contribution < 1.29 is 0 Å². The molecule has 0 aliphatic rings. The number of nitrogens with one attached hydrogen (secondary N) is 1. The molecular formula is C13H17N3S2. The van der Waals surface area contributed by atoms with Gasteiger partial charge in [0.25, 0.3) is 0 Å². The van der Waals surface area contributed by atoms with E-state index >= 15 is 0 Å². The Hall–Kier alpha value is -0.910. The molecule has 0 atom stereocenters. The zero-order valence-electron chi connectivity index (χ0n) is 10.8. The highest BCUT2D eigenvalue weighted by atomic mass is 32.2. The van der Waals surface area contributed by atoms with Gasteiger partial charge in [-0.05, 0) is 30.1 Å². The van der Waals surface area contributed by atoms with Gasteiger partial charge in [0.2, 0.25) is 0 Å². The van der Waals surface area contributed by atoms with Crippen LogP contribution in [0.5, 0.6) is 0 Å². The highest BCUT2D eigenvalue weighted by molar-refractivity contribution is 8.01. The van der Waals surface area contributed by atoms with Gasteiger partial charge in [0, 0.05) is 17.5 Å². The third kappa shape index (κ3) is 3.80. The van der Waals surface area contributed by atoms with Crippen LogP contribution in [0, 0.1) is 6.92 Å². The van der Waals surface area contributed by atoms with E-state index in [1.54, 1.807) is 18.1 Å². The predicted molar refractivity (Wildman–Crippen MR) is 77.2 cm³/mol. The molecule has 0 saturated heterocycles. The van der Waals surface area contributed by atoms with Crippen LogP contribution in [-0.2, 0) is 6.54 Å². The van der Waals surface area contributed by atoms with Gasteiger partial charge in [0.1, 0.15) is 6.33 Å². The van der Waals surface area contributed by atoms with Gasteiger partial charge < -0.3 is 5.32 Å². The first kappa shape index (κ1) is 13.5. The molecule has 0 aliphatic carbocycles. The summed E-state index contributed by atoms with van der Waals surface area (Å²) in [5, 5.41) is 3.46. The van der Waals surface area contributed by atoms with Gasteiger partial charge >= 0.3 is 0 Å². The van der Waals surface area contributed by atoms with Crippen molar-refractivity contribution >= 4 is 23.3 Å². The number of benzene rings is 1. The molecule has 0 fully saturated rings. The lowest BCUT2D eigenvalue weighted by Crippen LogP contribution is -2.22. The number of aromatic nitrogens is 2. The molecule has 0 amide bonds. The first-order valence-electron chi connectivity index (χ1n) is 5.92. The number of hydrogen-bond donors (Lipinski definition) is 1. The molecule has 1 N–H and O–H groups in total. The van der Waals surface area contributed by atoms with Crippen LogP contribution < -0.4 is 5.32 Å². The topological polar surface area (TPSA) is 37.8 Å². The summed E-state index contributed by atoms with van der Waals surface area (Å²) in [5.74, 6) is 0. The lowest BCUT2D eigenvalue weighted by Gasteiger charge is -2.12. The molecule has 0 aliphatic heterocycles. The minimum atomic E-state index is 0.491. The van der Waals surface area contributed by atoms with Crippen molar-refractivity contribution in [1.29, 1.82) is 0 Å². The quantitative estimate of drug-likeness (QED) is 0.909. The highest BCUT2D eigenvalue weighted by Gasteiger charge is 2.07. The van der Waals surface area contributed by atoms with Crippen molar-refractivity contribution in [2.45, 2.75) is 42.6 Å². The molecule has 3 nitrogen and oxygen atoms in total. The van der Waals surface area contributed by atoms with E-state index in [2.05, 4.69) is 53.6 Å². The Morgan fingerprint density at radius 3 is 2.89 bits per heavy atom. The average molecular weight is 279 g/mol. The van der Waals surface area contributed by atoms with E-state index in [1.807, 2.05) is 0 Å². The summed E-state index contributed by atoms with van der Waals surface area (Å²) >= 11 is 3.12. The predicted octanol–water partition coefficient (Wildman–Crippen LogP) is 3.50. The van der Waals surface area contributed by atoms with Gasteiger partial charge in [-0.2, -0.15) is 4.37 Å². The first-order chi connectivity index (χ1) is 8.65. The zero-order chi connectivity index (χ0) is 13.0. The molecular weight excluding hydrogens is 262 g/mol. The Balaban J connectivity index is 2.17. The second-order valence-electron chi connectivity index (χ2n) is 4.46. The molecule has 1 heterocycles. The van der Waals surface area contributed by atoms with Gasteiger partial charge in [-0.3, -0.25) is 0 Å². The minimum Gasteiger partial charge on any atom is -0.310 e. The van der Waals surface area contributed by atoms with Crippen LogP contribution in [0.1, 0.15) is 25.0 Å². The van der Waals surface area contributed by atoms with Gasteiger partial charge in [-0.25, -0.2) is 4.98 Å². The largest absolute Gasteiger partial charge is 0.310 e. The fourth-order valence-corrected chi connectivity index (χ4v) is 3.07. The Labute approximate surface area is 116 Å². The fraction of sp³-hybridized carbons (Fsp3) is 0.385. The molecule has 0 saturated carbocycles. The smallest absolute Gasteiger partial charge is 0.174 e. The minimum absolute atomic E-state index is 0.491. The highest BCUT2D eigenvalue weighted by Crippen LogP contribution is 2.31. The van der Waals surface area contributed by atoms with Crippen molar-refractivity contribution in [3.63, 3.8) is 0 Å². The maximum Gasteiger partial charge on any atom is 0.174 e. The molecule has 1 aromatic carbocycles. The summed E-state index contributed by atoms with van der Waals surface area (Å²) in [5.41, 5.74) is 2.61. The van der Waals surface area contributed by atoms with E-state index in [1.165, 1.54) is 27.6 Å². The maximum absolute atomic E-state index is 4.22. The lowest BCUT2D eigenvalue weighted by molar-refractivity contribution is 0.584. The molecule has 2 rings (SSSR count). The summed E-state index contributed by atoms with van der Waals surface area (Å²) in [7, 11) is 0. The summed E-state index contributed by atoms with van der Waals surface area (Å²) in [6.07, 6.45) is 1.60. The molecule has 1 aromatic heterocycles. The Bertz CT molecular complexity index is 495. The summed E-state index contributed by atoms with van der Waals surface area (Å²) in [6, 6.07) is 7.03. The van der Waals surface area contributed by atoms with Crippen LogP contribution in [0.15, 0.2) is 33.8 Å². The lowest BCUT2D eigenvalue weighted by atomic mass is 10.1. The summed E-state index contributed by atoms with van der Waals surface area (Å²) < 4.78 is 5.02. The van der Waals surface area contributed by atoms with E-state index in [0.29, 0.717) is 6.04 Å². The van der Waals surface area contributed by atoms with Crippen LogP contribution in [-0.4, -0.2) is 15.4 Å². The number of rotatable bonds is 5. The van der Waals surface area contributed by atoms with Crippen LogP contribution in [0.4, 0.5) is 0 Å². The van der Waals surface area contributed by atoms with Crippen molar-refractivity contribution in [3.8, 4) is 0 Å². The van der Waals surface area contributed by atoms with Crippen LogP contribution in [0.25, 0.3) is 0 Å². The van der Waals surface area contributed by atoms with Crippen molar-refractivity contribution in [3.05, 3.63) is 35.7 Å². The van der Waals surface area contributed by atoms with Crippen LogP contribution in [0.3, 0.4) is 0 Å². The van der Waals surface area contributed by atoms with Crippen molar-refractivity contribution in [2.24, 2.45) is 0 Å². The third-order valence-electron chi connectivity index (χ3n) is 2.46. The van der Waals surface area contributed by atoms with Crippen LogP contribution >= 0.6 is 23.3 Å². The van der Waals surface area contributed by atoms with E-state index in [-0.39, 0.29) is 0 Å². The van der Waals surface area contributed by atoms with Crippen LogP contribution in [0.2, 0.25) is 0 Å². The Kier molecular flexibility index (Phi) is 4.74. The molecule has 5 heteroatoms. The molecule has 2 aromatic rings. The van der Waals surface area contributed by atoms with Crippen molar-refractivity contribution in [1.82, 2.24) is 14.7 Å². The Morgan fingerprint density at radius 1 is 1.39 bits per heavy atom. The molecule has 0 radical (unpaired) electrons. The average Bonchev–Trinajstić information content (AvgIpc) is 2.82. The number of aryl methyl sites for hydroxylation is 1. The van der Waals surface area contributed by atoms with Gasteiger partial charge in [-0.15, -0.1) is 0 Å². The molecule has 0 bridgehead atoms. The number of hydrogen-bond acceptors (Lipinski definition) is 5. The monoisotopic (exact) mass is 279 g/mol. The van der Waals surface area contributed by atoms with E-state index < -0.39 is 0 Å². The maximum atomic E-state index is 4.22. The standard InChI is InChI=1S/C13H17N3S2/c1-9(2)14-7-11-6-10(3)4-5-12(11)17-13-15-8-16-18-13/h4-6,8-9,14H,7H2,1-3H3. The van der Waals surface area contributed by atoms with E-state index in [0.717, 1.165) is 10.9 Å². The molecule has 96 valence electrons. The zero-order valence-corrected chi connectivity index (χ0v) is 12.4. The van der Waals surface area contributed by atoms with Crippen molar-refractivity contribution in [2.75, 3.05) is 0 Å². The Morgan fingerprint density at radius 2 is 2.22 bits per heavy atom. The number of nitrogens with zero attached hydrogens (tertiary/aromatic N) is 2. The van der Waals surface area contributed by atoms with Gasteiger partial charge in [0.05, 0.1) is 0 Å². The second kappa shape index (κ2) is 6.31. The molecule has 0 spiro atoms. The normalized spacial score (nSPS) is 11.1. The molecule has 18 heavy (non-hydrogen) atoms. The SMILES string of the molecule is Cc1ccc(Sc2ncns2)c(CNC(C)C)c1. The first-order valence-corrected chi connectivity index (χ1v) is 7.51. The van der Waals surface area contributed by atoms with E-state index in [9.17, 15) is 0 Å². The second-order valence-corrected chi connectivity index (χ2v) is 6.53. The van der Waals surface area contributed by atoms with Gasteiger partial charge in [-0.1, -0.05) is 43.3 Å².